The molecular formula is C16H17N3O5. The summed E-state index contributed by atoms with van der Waals surface area (Å²) in [6.07, 6.45) is -0.0493. The fourth-order valence-electron chi connectivity index (χ4n) is 2.85. The molecule has 0 bridgehead atoms. The highest BCUT2D eigenvalue weighted by Crippen LogP contribution is 2.35. The van der Waals surface area contributed by atoms with Crippen LogP contribution in [0.5, 0.6) is 5.75 Å². The molecule has 2 amide bonds. The van der Waals surface area contributed by atoms with Gasteiger partial charge in [-0.3, -0.25) is 15.0 Å². The Balaban J connectivity index is 1.84. The third kappa shape index (κ3) is 2.49. The van der Waals surface area contributed by atoms with Crippen molar-refractivity contribution in [2.24, 2.45) is 5.10 Å². The summed E-state index contributed by atoms with van der Waals surface area (Å²) in [6, 6.07) is 6.68. The van der Waals surface area contributed by atoms with Crippen LogP contribution in [0, 0.1) is 0 Å². The van der Waals surface area contributed by atoms with E-state index in [1.165, 1.54) is 7.11 Å². The van der Waals surface area contributed by atoms with Crippen molar-refractivity contribution in [1.82, 2.24) is 5.43 Å². The Kier molecular flexibility index (Phi) is 3.96. The van der Waals surface area contributed by atoms with Gasteiger partial charge in [-0.1, -0.05) is 6.07 Å². The van der Waals surface area contributed by atoms with Gasteiger partial charge < -0.3 is 9.47 Å². The average molecular weight is 331 g/mol. The van der Waals surface area contributed by atoms with Gasteiger partial charge >= 0.3 is 5.97 Å². The van der Waals surface area contributed by atoms with Gasteiger partial charge in [0.15, 0.2) is 0 Å². The minimum atomic E-state index is -1.22. The number of amides is 2. The molecule has 2 aliphatic rings. The van der Waals surface area contributed by atoms with Crippen LogP contribution in [0.4, 0.5) is 5.69 Å². The molecule has 8 nitrogen and oxygen atoms in total. The zero-order valence-corrected chi connectivity index (χ0v) is 13.4. The molecule has 126 valence electrons. The first-order chi connectivity index (χ1) is 11.5. The number of hydrogen-bond acceptors (Lipinski definition) is 7. The van der Waals surface area contributed by atoms with Gasteiger partial charge in [0.2, 0.25) is 5.91 Å². The molecule has 0 saturated carbocycles. The van der Waals surface area contributed by atoms with Gasteiger partial charge in [-0.25, -0.2) is 9.69 Å². The van der Waals surface area contributed by atoms with Crippen LogP contribution in [-0.2, 0) is 19.1 Å². The zero-order chi connectivity index (χ0) is 17.3. The van der Waals surface area contributed by atoms with Crippen molar-refractivity contribution in [2.45, 2.75) is 25.3 Å². The lowest BCUT2D eigenvalue weighted by Gasteiger charge is -2.21. The maximum atomic E-state index is 12.8. The summed E-state index contributed by atoms with van der Waals surface area (Å²) in [5.41, 5.74) is 1.99. The number of rotatable bonds is 4. The van der Waals surface area contributed by atoms with Crippen LogP contribution < -0.4 is 15.1 Å². The molecule has 24 heavy (non-hydrogen) atoms. The lowest BCUT2D eigenvalue weighted by Crippen LogP contribution is -2.47. The van der Waals surface area contributed by atoms with Gasteiger partial charge in [0.1, 0.15) is 17.0 Å². The third-order valence-electron chi connectivity index (χ3n) is 4.01. The number of nitrogens with one attached hydrogen (secondary N) is 1. The lowest BCUT2D eigenvalue weighted by atomic mass is 9.93. The van der Waals surface area contributed by atoms with E-state index in [0.29, 0.717) is 11.4 Å². The Labute approximate surface area is 138 Å². The lowest BCUT2D eigenvalue weighted by molar-refractivity contribution is -0.135. The van der Waals surface area contributed by atoms with E-state index < -0.39 is 17.4 Å². The van der Waals surface area contributed by atoms with Crippen molar-refractivity contribution in [3.8, 4) is 5.75 Å². The zero-order valence-electron chi connectivity index (χ0n) is 13.4. The number of ether oxygens (including phenoxy) is 2. The minimum absolute atomic E-state index is 0.0247. The smallest absolute Gasteiger partial charge is 0.354 e. The molecule has 0 radical (unpaired) electrons. The second-order valence-corrected chi connectivity index (χ2v) is 5.56. The van der Waals surface area contributed by atoms with Crippen LogP contribution in [-0.4, -0.2) is 42.8 Å². The monoisotopic (exact) mass is 331 g/mol. The van der Waals surface area contributed by atoms with Gasteiger partial charge in [-0.15, -0.1) is 0 Å². The number of benzene rings is 1. The van der Waals surface area contributed by atoms with Gasteiger partial charge in [0.25, 0.3) is 5.91 Å². The Morgan fingerprint density at radius 3 is 2.88 bits per heavy atom. The molecule has 2 heterocycles. The van der Waals surface area contributed by atoms with Crippen molar-refractivity contribution in [2.75, 3.05) is 18.6 Å². The summed E-state index contributed by atoms with van der Waals surface area (Å²) in [5.74, 6) is -0.844. The van der Waals surface area contributed by atoms with Crippen LogP contribution in [0.25, 0.3) is 0 Å². The number of hydrazone groups is 1. The number of carbonyl (C=O) groups is 3. The molecule has 0 unspecified atom stereocenters. The van der Waals surface area contributed by atoms with Crippen molar-refractivity contribution in [3.05, 3.63) is 24.3 Å². The fraction of sp³-hybridized carbons (Fsp3) is 0.375. The van der Waals surface area contributed by atoms with Crippen LogP contribution >= 0.6 is 0 Å². The van der Waals surface area contributed by atoms with Crippen molar-refractivity contribution in [3.63, 3.8) is 0 Å². The molecule has 1 atom stereocenters. The van der Waals surface area contributed by atoms with Crippen LogP contribution in [0.1, 0.15) is 19.8 Å². The maximum absolute atomic E-state index is 12.8. The second kappa shape index (κ2) is 5.95. The van der Waals surface area contributed by atoms with Gasteiger partial charge in [-0.05, 0) is 19.1 Å². The van der Waals surface area contributed by atoms with E-state index in [1.807, 2.05) is 0 Å². The predicted molar refractivity (Wildman–Crippen MR) is 84.7 cm³/mol. The topological polar surface area (TPSA) is 97.3 Å². The first-order valence-corrected chi connectivity index (χ1v) is 7.53. The number of hydrogen-bond donors (Lipinski definition) is 1. The molecule has 8 heteroatoms. The highest BCUT2D eigenvalue weighted by molar-refractivity contribution is 6.39. The Morgan fingerprint density at radius 1 is 1.38 bits per heavy atom. The number of carbonyl (C=O) groups excluding carboxylic acids is 3. The first kappa shape index (κ1) is 16.0. The van der Waals surface area contributed by atoms with E-state index in [9.17, 15) is 14.4 Å². The fourth-order valence-corrected chi connectivity index (χ4v) is 2.85. The summed E-state index contributed by atoms with van der Waals surface area (Å²) < 4.78 is 10.0. The minimum Gasteiger partial charge on any atom is -0.497 e. The number of nitrogens with zero attached hydrogens (tertiary/aromatic N) is 2. The Hall–Kier alpha value is -2.90. The molecule has 1 saturated heterocycles. The van der Waals surface area contributed by atoms with E-state index in [0.717, 1.165) is 4.90 Å². The number of esters is 1. The normalized spacial score (nSPS) is 22.6. The van der Waals surface area contributed by atoms with Gasteiger partial charge in [-0.2, -0.15) is 5.10 Å². The Bertz CT molecular complexity index is 745. The molecule has 0 aliphatic carbocycles. The van der Waals surface area contributed by atoms with E-state index in [2.05, 4.69) is 10.5 Å². The standard InChI is InChI=1S/C16H17N3O5/c1-3-24-14(21)12-8-16(18-17-12)9-13(20)19(15(16)22)10-5-4-6-11(7-10)23-2/h4-7,18H,3,8-9H2,1-2H3/t16-/m1/s1. The summed E-state index contributed by atoms with van der Waals surface area (Å²) in [4.78, 5) is 38.1. The predicted octanol–water partition coefficient (Wildman–Crippen LogP) is 0.610. The Morgan fingerprint density at radius 2 is 2.17 bits per heavy atom. The molecule has 3 rings (SSSR count). The summed E-state index contributed by atoms with van der Waals surface area (Å²) >= 11 is 0. The second-order valence-electron chi connectivity index (χ2n) is 5.56. The van der Waals surface area contributed by atoms with E-state index >= 15 is 0 Å². The largest absolute Gasteiger partial charge is 0.497 e. The molecule has 1 fully saturated rings. The average Bonchev–Trinajstić information content (AvgIpc) is 3.10. The SMILES string of the molecule is CCOC(=O)C1=NN[C@@]2(CC(=O)N(c3cccc(OC)c3)C2=O)C1. The van der Waals surface area contributed by atoms with Crippen LogP contribution in [0.3, 0.4) is 0 Å². The molecule has 2 aliphatic heterocycles. The number of methoxy groups -OCH3 is 1. The summed E-state index contributed by atoms with van der Waals surface area (Å²) in [6.45, 7) is 1.90. The van der Waals surface area contributed by atoms with Crippen LogP contribution in [0.2, 0.25) is 0 Å². The van der Waals surface area contributed by atoms with Crippen molar-refractivity contribution < 1.29 is 23.9 Å². The summed E-state index contributed by atoms with van der Waals surface area (Å²) in [5, 5.41) is 3.90. The van der Waals surface area contributed by atoms with E-state index in [1.54, 1.807) is 31.2 Å². The highest BCUT2D eigenvalue weighted by Gasteiger charge is 2.56. The van der Waals surface area contributed by atoms with Gasteiger partial charge in [0.05, 0.1) is 25.8 Å². The van der Waals surface area contributed by atoms with Crippen molar-refractivity contribution in [1.29, 1.82) is 0 Å². The van der Waals surface area contributed by atoms with Crippen molar-refractivity contribution >= 4 is 29.2 Å². The van der Waals surface area contributed by atoms with Gasteiger partial charge in [0, 0.05) is 12.5 Å². The third-order valence-corrected chi connectivity index (χ3v) is 4.01. The van der Waals surface area contributed by atoms with E-state index in [4.69, 9.17) is 9.47 Å². The highest BCUT2D eigenvalue weighted by atomic mass is 16.5. The molecule has 1 aromatic rings. The van der Waals surface area contributed by atoms with E-state index in [-0.39, 0.29) is 31.1 Å². The quantitative estimate of drug-likeness (QED) is 0.641. The molecule has 1 aromatic carbocycles. The molecule has 1 N–H and O–H groups in total. The molecular weight excluding hydrogens is 314 g/mol. The number of anilines is 1. The molecule has 0 aromatic heterocycles. The maximum Gasteiger partial charge on any atom is 0.354 e. The first-order valence-electron chi connectivity index (χ1n) is 7.53. The van der Waals surface area contributed by atoms with Crippen LogP contribution in [0.15, 0.2) is 29.4 Å². The summed E-state index contributed by atoms with van der Waals surface area (Å²) in [7, 11) is 1.51. The molecule has 1 spiro atoms. The number of imide groups is 1.